The van der Waals surface area contributed by atoms with E-state index in [0.717, 1.165) is 17.5 Å². The van der Waals surface area contributed by atoms with Gasteiger partial charge < -0.3 is 19.6 Å². The summed E-state index contributed by atoms with van der Waals surface area (Å²) < 4.78 is 10.5. The Morgan fingerprint density at radius 1 is 1.44 bits per heavy atom. The highest BCUT2D eigenvalue weighted by Crippen LogP contribution is 2.32. The van der Waals surface area contributed by atoms with Gasteiger partial charge in [-0.15, -0.1) is 17.9 Å². The SMILES string of the molecule is C=CCOCC(O)CN(CCCOC)Cc1nc2scc(-c3cccc(Cl)c3)c2c(=O)[nH]1. The molecule has 2 aromatic heterocycles. The molecule has 1 aromatic carbocycles. The summed E-state index contributed by atoms with van der Waals surface area (Å²) in [6, 6.07) is 7.42. The van der Waals surface area contributed by atoms with Crippen LogP contribution in [0.1, 0.15) is 12.2 Å². The molecule has 0 aliphatic heterocycles. The van der Waals surface area contributed by atoms with Crippen molar-refractivity contribution in [3.8, 4) is 11.1 Å². The molecule has 3 aromatic rings. The van der Waals surface area contributed by atoms with E-state index in [1.807, 2.05) is 28.5 Å². The first-order chi connectivity index (χ1) is 15.5. The summed E-state index contributed by atoms with van der Waals surface area (Å²) in [5, 5.41) is 13.4. The number of methoxy groups -OCH3 is 1. The lowest BCUT2D eigenvalue weighted by Gasteiger charge is -2.24. The number of aliphatic hydroxyl groups is 1. The van der Waals surface area contributed by atoms with E-state index >= 15 is 0 Å². The number of rotatable bonds is 13. The van der Waals surface area contributed by atoms with Crippen molar-refractivity contribution >= 4 is 33.2 Å². The second-order valence-electron chi connectivity index (χ2n) is 7.41. The number of nitrogens with one attached hydrogen (secondary N) is 1. The van der Waals surface area contributed by atoms with Crippen LogP contribution in [-0.4, -0.2) is 66.1 Å². The van der Waals surface area contributed by atoms with Crippen LogP contribution in [-0.2, 0) is 16.0 Å². The van der Waals surface area contributed by atoms with Crippen LogP contribution in [0.5, 0.6) is 0 Å². The van der Waals surface area contributed by atoms with Gasteiger partial charge in [0.15, 0.2) is 0 Å². The average molecular weight is 478 g/mol. The van der Waals surface area contributed by atoms with Gasteiger partial charge in [0.05, 0.1) is 31.2 Å². The van der Waals surface area contributed by atoms with E-state index in [1.54, 1.807) is 19.3 Å². The first-order valence-corrected chi connectivity index (χ1v) is 11.6. The van der Waals surface area contributed by atoms with Gasteiger partial charge in [-0.2, -0.15) is 0 Å². The molecular formula is C23H28ClN3O4S. The first-order valence-electron chi connectivity index (χ1n) is 10.4. The molecule has 32 heavy (non-hydrogen) atoms. The zero-order chi connectivity index (χ0) is 22.9. The number of hydrogen-bond acceptors (Lipinski definition) is 7. The predicted molar refractivity (Wildman–Crippen MR) is 129 cm³/mol. The van der Waals surface area contributed by atoms with Crippen LogP contribution >= 0.6 is 22.9 Å². The summed E-state index contributed by atoms with van der Waals surface area (Å²) in [5.41, 5.74) is 1.51. The van der Waals surface area contributed by atoms with Gasteiger partial charge in [-0.25, -0.2) is 4.98 Å². The van der Waals surface area contributed by atoms with Crippen molar-refractivity contribution in [2.45, 2.75) is 19.1 Å². The highest BCUT2D eigenvalue weighted by molar-refractivity contribution is 7.17. The lowest BCUT2D eigenvalue weighted by atomic mass is 10.1. The molecular weight excluding hydrogens is 450 g/mol. The van der Waals surface area contributed by atoms with Gasteiger partial charge in [-0.3, -0.25) is 9.69 Å². The highest BCUT2D eigenvalue weighted by atomic mass is 35.5. The molecule has 0 bridgehead atoms. The number of fused-ring (bicyclic) bond motifs is 1. The molecule has 0 aliphatic carbocycles. The molecule has 1 unspecified atom stereocenters. The van der Waals surface area contributed by atoms with Crippen molar-refractivity contribution in [1.29, 1.82) is 0 Å². The zero-order valence-electron chi connectivity index (χ0n) is 18.1. The standard InChI is InChI=1S/C23H28ClN3O4S/c1-3-9-31-14-18(28)12-27(8-5-10-30-2)13-20-25-22(29)21-19(15-32-23(21)26-20)16-6-4-7-17(24)11-16/h3-4,6-7,11,15,18,28H,1,5,8-10,12-14H2,2H3,(H,25,26,29). The fourth-order valence-corrected chi connectivity index (χ4v) is 4.61. The largest absolute Gasteiger partial charge is 0.389 e. The number of ether oxygens (including phenoxy) is 2. The summed E-state index contributed by atoms with van der Waals surface area (Å²) in [6.07, 6.45) is 1.77. The molecule has 0 saturated carbocycles. The normalized spacial score (nSPS) is 12.5. The van der Waals surface area contributed by atoms with Crippen molar-refractivity contribution in [2.24, 2.45) is 0 Å². The van der Waals surface area contributed by atoms with Crippen LogP contribution < -0.4 is 5.56 Å². The Bertz CT molecular complexity index is 1080. The summed E-state index contributed by atoms with van der Waals surface area (Å²) in [6.45, 7) is 6.29. The van der Waals surface area contributed by atoms with E-state index in [0.29, 0.717) is 53.9 Å². The van der Waals surface area contributed by atoms with Crippen molar-refractivity contribution < 1.29 is 14.6 Å². The Kier molecular flexibility index (Phi) is 9.40. The molecule has 0 spiro atoms. The molecule has 1 atom stereocenters. The topological polar surface area (TPSA) is 87.7 Å². The van der Waals surface area contributed by atoms with Gasteiger partial charge in [-0.05, 0) is 24.1 Å². The smallest absolute Gasteiger partial charge is 0.260 e. The quantitative estimate of drug-likeness (QED) is 0.288. The second kappa shape index (κ2) is 12.2. The van der Waals surface area contributed by atoms with Crippen molar-refractivity contribution in [2.75, 3.05) is 40.0 Å². The summed E-state index contributed by atoms with van der Waals surface area (Å²) in [7, 11) is 1.66. The van der Waals surface area contributed by atoms with Crippen LogP contribution in [0.2, 0.25) is 5.02 Å². The molecule has 9 heteroatoms. The van der Waals surface area contributed by atoms with Gasteiger partial charge in [-0.1, -0.05) is 29.8 Å². The number of H-pyrrole nitrogens is 1. The average Bonchev–Trinajstić information content (AvgIpc) is 3.19. The Morgan fingerprint density at radius 3 is 3.03 bits per heavy atom. The molecule has 7 nitrogen and oxygen atoms in total. The highest BCUT2D eigenvalue weighted by Gasteiger charge is 2.17. The van der Waals surface area contributed by atoms with Gasteiger partial charge in [0, 0.05) is 42.8 Å². The molecule has 0 amide bonds. The molecule has 2 N–H and O–H groups in total. The maximum Gasteiger partial charge on any atom is 0.260 e. The molecule has 172 valence electrons. The minimum Gasteiger partial charge on any atom is -0.389 e. The molecule has 3 rings (SSSR count). The summed E-state index contributed by atoms with van der Waals surface area (Å²) in [4.78, 5) is 23.3. The second-order valence-corrected chi connectivity index (χ2v) is 8.71. The van der Waals surface area contributed by atoms with Crippen molar-refractivity contribution in [3.63, 3.8) is 0 Å². The molecule has 2 heterocycles. The van der Waals surface area contributed by atoms with Gasteiger partial charge in [0.1, 0.15) is 10.7 Å². The van der Waals surface area contributed by atoms with Crippen LogP contribution in [0.25, 0.3) is 21.3 Å². The van der Waals surface area contributed by atoms with E-state index in [2.05, 4.69) is 16.5 Å². The van der Waals surface area contributed by atoms with Gasteiger partial charge >= 0.3 is 0 Å². The maximum absolute atomic E-state index is 12.9. The number of aromatic amines is 1. The monoisotopic (exact) mass is 477 g/mol. The van der Waals surface area contributed by atoms with E-state index in [4.69, 9.17) is 21.1 Å². The number of aromatic nitrogens is 2. The van der Waals surface area contributed by atoms with Crippen LogP contribution in [0.4, 0.5) is 0 Å². The third-order valence-corrected chi connectivity index (χ3v) is 5.95. The van der Waals surface area contributed by atoms with E-state index in [-0.39, 0.29) is 12.2 Å². The van der Waals surface area contributed by atoms with E-state index in [1.165, 1.54) is 11.3 Å². The van der Waals surface area contributed by atoms with Crippen molar-refractivity contribution in [1.82, 2.24) is 14.9 Å². The minimum atomic E-state index is -0.663. The van der Waals surface area contributed by atoms with Gasteiger partial charge in [0.25, 0.3) is 5.56 Å². The lowest BCUT2D eigenvalue weighted by Crippen LogP contribution is -2.36. The number of hydrogen-bond donors (Lipinski definition) is 2. The minimum absolute atomic E-state index is 0.187. The molecule has 0 saturated heterocycles. The van der Waals surface area contributed by atoms with E-state index in [9.17, 15) is 9.90 Å². The first kappa shape index (κ1) is 24.6. The van der Waals surface area contributed by atoms with Crippen LogP contribution in [0, 0.1) is 0 Å². The number of benzene rings is 1. The molecule has 0 radical (unpaired) electrons. The third-order valence-electron chi connectivity index (χ3n) is 4.84. The Balaban J connectivity index is 1.79. The number of aliphatic hydroxyl groups excluding tert-OH is 1. The van der Waals surface area contributed by atoms with Crippen molar-refractivity contribution in [3.05, 3.63) is 63.5 Å². The summed E-state index contributed by atoms with van der Waals surface area (Å²) >= 11 is 7.55. The molecule has 0 aliphatic rings. The van der Waals surface area contributed by atoms with E-state index < -0.39 is 6.10 Å². The Hall–Kier alpha value is -2.07. The fourth-order valence-electron chi connectivity index (χ4n) is 3.45. The number of nitrogens with zero attached hydrogens (tertiary/aromatic N) is 2. The van der Waals surface area contributed by atoms with Crippen LogP contribution in [0.15, 0.2) is 47.1 Å². The Labute approximate surface area is 196 Å². The molecule has 0 fully saturated rings. The number of thiophene rings is 1. The Morgan fingerprint density at radius 2 is 2.28 bits per heavy atom. The third kappa shape index (κ3) is 6.71. The lowest BCUT2D eigenvalue weighted by molar-refractivity contribution is 0.0225. The zero-order valence-corrected chi connectivity index (χ0v) is 19.6. The summed E-state index contributed by atoms with van der Waals surface area (Å²) in [5.74, 6) is 0.554. The maximum atomic E-state index is 12.9. The predicted octanol–water partition coefficient (Wildman–Crippen LogP) is 3.71. The van der Waals surface area contributed by atoms with Gasteiger partial charge in [0.2, 0.25) is 0 Å². The fraction of sp³-hybridized carbons (Fsp3) is 0.391. The van der Waals surface area contributed by atoms with Crippen LogP contribution in [0.3, 0.4) is 0 Å². The number of halogens is 1.